The SMILES string of the molecule is CC(C)(C)c1ccccc1OCC(=O)OCc1ccc2n[nH]nc2c1. The fourth-order valence-corrected chi connectivity index (χ4v) is 2.53. The highest BCUT2D eigenvalue weighted by Crippen LogP contribution is 2.30. The minimum absolute atomic E-state index is 0.0620. The van der Waals surface area contributed by atoms with Crippen LogP contribution in [0.25, 0.3) is 11.0 Å². The molecule has 6 nitrogen and oxygen atoms in total. The van der Waals surface area contributed by atoms with E-state index in [1.165, 1.54) is 0 Å². The number of aromatic nitrogens is 3. The molecule has 3 rings (SSSR count). The van der Waals surface area contributed by atoms with Crippen molar-refractivity contribution in [3.05, 3.63) is 53.6 Å². The van der Waals surface area contributed by atoms with Crippen LogP contribution in [0.3, 0.4) is 0 Å². The van der Waals surface area contributed by atoms with E-state index in [1.807, 2.05) is 42.5 Å². The zero-order chi connectivity index (χ0) is 17.9. The van der Waals surface area contributed by atoms with Crippen LogP contribution in [0.2, 0.25) is 0 Å². The van der Waals surface area contributed by atoms with E-state index in [9.17, 15) is 4.79 Å². The Hall–Kier alpha value is -2.89. The molecule has 0 saturated heterocycles. The van der Waals surface area contributed by atoms with Crippen LogP contribution >= 0.6 is 0 Å². The van der Waals surface area contributed by atoms with Gasteiger partial charge in [-0.15, -0.1) is 0 Å². The van der Waals surface area contributed by atoms with Crippen molar-refractivity contribution in [2.45, 2.75) is 32.8 Å². The molecule has 0 aliphatic rings. The predicted molar refractivity (Wildman–Crippen MR) is 94.3 cm³/mol. The number of esters is 1. The summed E-state index contributed by atoms with van der Waals surface area (Å²) in [7, 11) is 0. The van der Waals surface area contributed by atoms with Gasteiger partial charge in [0.15, 0.2) is 6.61 Å². The lowest BCUT2D eigenvalue weighted by molar-refractivity contribution is -0.147. The summed E-state index contributed by atoms with van der Waals surface area (Å²) in [6.45, 7) is 6.36. The molecule has 0 aliphatic heterocycles. The van der Waals surface area contributed by atoms with Crippen molar-refractivity contribution in [3.63, 3.8) is 0 Å². The highest BCUT2D eigenvalue weighted by Gasteiger charge is 2.19. The standard InChI is InChI=1S/C19H21N3O3/c1-19(2,3)14-6-4-5-7-17(14)24-12-18(23)25-11-13-8-9-15-16(10-13)21-22-20-15/h4-10H,11-12H2,1-3H3,(H,20,21,22). The summed E-state index contributed by atoms with van der Waals surface area (Å²) in [5.74, 6) is 0.292. The van der Waals surface area contributed by atoms with E-state index in [0.717, 1.165) is 22.2 Å². The lowest BCUT2D eigenvalue weighted by Crippen LogP contribution is -2.18. The summed E-state index contributed by atoms with van der Waals surface area (Å²) in [4.78, 5) is 12.0. The van der Waals surface area contributed by atoms with Gasteiger partial charge in [-0.25, -0.2) is 4.79 Å². The number of nitrogens with one attached hydrogen (secondary N) is 1. The number of rotatable bonds is 5. The van der Waals surface area contributed by atoms with Gasteiger partial charge < -0.3 is 9.47 Å². The maximum atomic E-state index is 12.0. The summed E-state index contributed by atoms with van der Waals surface area (Å²) < 4.78 is 10.9. The zero-order valence-corrected chi connectivity index (χ0v) is 14.6. The number of H-pyrrole nitrogens is 1. The molecule has 0 spiro atoms. The third-order valence-corrected chi connectivity index (χ3v) is 3.82. The number of ether oxygens (including phenoxy) is 2. The van der Waals surface area contributed by atoms with E-state index in [4.69, 9.17) is 9.47 Å². The first kappa shape index (κ1) is 17.0. The summed E-state index contributed by atoms with van der Waals surface area (Å²) in [6.07, 6.45) is 0. The number of aromatic amines is 1. The van der Waals surface area contributed by atoms with Gasteiger partial charge in [-0.05, 0) is 34.7 Å². The quantitative estimate of drug-likeness (QED) is 0.721. The van der Waals surface area contributed by atoms with Crippen LogP contribution in [0.4, 0.5) is 0 Å². The lowest BCUT2D eigenvalue weighted by atomic mass is 9.86. The van der Waals surface area contributed by atoms with Crippen LogP contribution in [0.5, 0.6) is 5.75 Å². The molecule has 0 unspecified atom stereocenters. The van der Waals surface area contributed by atoms with Gasteiger partial charge in [0.1, 0.15) is 23.4 Å². The Labute approximate surface area is 146 Å². The fraction of sp³-hybridized carbons (Fsp3) is 0.316. The van der Waals surface area contributed by atoms with Crippen LogP contribution < -0.4 is 4.74 Å². The summed E-state index contributed by atoms with van der Waals surface area (Å²) in [5.41, 5.74) is 3.36. The first-order chi connectivity index (χ1) is 11.9. The number of carbonyl (C=O) groups is 1. The minimum Gasteiger partial charge on any atom is -0.482 e. The van der Waals surface area contributed by atoms with Gasteiger partial charge in [-0.2, -0.15) is 15.4 Å². The Bertz CT molecular complexity index is 881. The average Bonchev–Trinajstić information content (AvgIpc) is 3.05. The Kier molecular flexibility index (Phi) is 4.70. The van der Waals surface area contributed by atoms with Crippen LogP contribution in [0.1, 0.15) is 31.9 Å². The molecular weight excluding hydrogens is 318 g/mol. The number of nitrogens with zero attached hydrogens (tertiary/aromatic N) is 2. The Balaban J connectivity index is 1.56. The Morgan fingerprint density at radius 3 is 2.64 bits per heavy atom. The van der Waals surface area contributed by atoms with Crippen molar-refractivity contribution in [1.82, 2.24) is 15.4 Å². The van der Waals surface area contributed by atoms with Gasteiger partial charge in [0.25, 0.3) is 0 Å². The summed E-state index contributed by atoms with van der Waals surface area (Å²) >= 11 is 0. The second-order valence-electron chi connectivity index (χ2n) is 6.84. The number of para-hydroxylation sites is 1. The summed E-state index contributed by atoms with van der Waals surface area (Å²) in [5, 5.41) is 10.6. The number of benzene rings is 2. The second kappa shape index (κ2) is 6.93. The molecular formula is C19H21N3O3. The average molecular weight is 339 g/mol. The van der Waals surface area contributed by atoms with Gasteiger partial charge in [-0.1, -0.05) is 45.0 Å². The van der Waals surface area contributed by atoms with Crippen LogP contribution in [-0.4, -0.2) is 28.0 Å². The molecule has 3 aromatic rings. The zero-order valence-electron chi connectivity index (χ0n) is 14.6. The monoisotopic (exact) mass is 339 g/mol. The molecule has 0 atom stereocenters. The van der Waals surface area contributed by atoms with E-state index in [2.05, 4.69) is 36.2 Å². The molecule has 0 fully saturated rings. The largest absolute Gasteiger partial charge is 0.482 e. The molecule has 0 aliphatic carbocycles. The van der Waals surface area contributed by atoms with Crippen molar-refractivity contribution < 1.29 is 14.3 Å². The first-order valence-electron chi connectivity index (χ1n) is 8.11. The minimum atomic E-state index is -0.413. The highest BCUT2D eigenvalue weighted by atomic mass is 16.6. The van der Waals surface area contributed by atoms with Crippen molar-refractivity contribution in [2.24, 2.45) is 0 Å². The van der Waals surface area contributed by atoms with Gasteiger partial charge in [0, 0.05) is 0 Å². The smallest absolute Gasteiger partial charge is 0.344 e. The topological polar surface area (TPSA) is 77.1 Å². The fourth-order valence-electron chi connectivity index (χ4n) is 2.53. The molecule has 0 radical (unpaired) electrons. The number of fused-ring (bicyclic) bond motifs is 1. The van der Waals surface area contributed by atoms with E-state index in [0.29, 0.717) is 5.75 Å². The van der Waals surface area contributed by atoms with Gasteiger partial charge in [0.2, 0.25) is 0 Å². The van der Waals surface area contributed by atoms with Gasteiger partial charge in [0.05, 0.1) is 0 Å². The van der Waals surface area contributed by atoms with Crippen LogP contribution in [0.15, 0.2) is 42.5 Å². The van der Waals surface area contributed by atoms with Crippen LogP contribution in [0, 0.1) is 0 Å². The number of hydrogen-bond acceptors (Lipinski definition) is 5. The molecule has 0 saturated carbocycles. The predicted octanol–water partition coefficient (Wildman–Crippen LogP) is 3.38. The summed E-state index contributed by atoms with van der Waals surface area (Å²) in [6, 6.07) is 13.3. The third-order valence-electron chi connectivity index (χ3n) is 3.82. The van der Waals surface area contributed by atoms with E-state index < -0.39 is 5.97 Å². The molecule has 130 valence electrons. The molecule has 1 aromatic heterocycles. The molecule has 6 heteroatoms. The molecule has 1 heterocycles. The van der Waals surface area contributed by atoms with Gasteiger partial charge >= 0.3 is 5.97 Å². The first-order valence-corrected chi connectivity index (χ1v) is 8.11. The second-order valence-corrected chi connectivity index (χ2v) is 6.84. The van der Waals surface area contributed by atoms with Crippen molar-refractivity contribution in [1.29, 1.82) is 0 Å². The maximum absolute atomic E-state index is 12.0. The van der Waals surface area contributed by atoms with Crippen molar-refractivity contribution in [2.75, 3.05) is 6.61 Å². The number of carbonyl (C=O) groups excluding carboxylic acids is 1. The molecule has 2 aromatic carbocycles. The number of hydrogen-bond donors (Lipinski definition) is 1. The van der Waals surface area contributed by atoms with E-state index >= 15 is 0 Å². The van der Waals surface area contributed by atoms with Crippen molar-refractivity contribution in [3.8, 4) is 5.75 Å². The van der Waals surface area contributed by atoms with Crippen molar-refractivity contribution >= 4 is 17.0 Å². The van der Waals surface area contributed by atoms with Crippen LogP contribution in [-0.2, 0) is 21.6 Å². The molecule has 0 amide bonds. The molecule has 1 N–H and O–H groups in total. The Morgan fingerprint density at radius 2 is 1.84 bits per heavy atom. The molecule has 0 bridgehead atoms. The lowest BCUT2D eigenvalue weighted by Gasteiger charge is -2.22. The Morgan fingerprint density at radius 1 is 1.08 bits per heavy atom. The van der Waals surface area contributed by atoms with E-state index in [1.54, 1.807) is 0 Å². The maximum Gasteiger partial charge on any atom is 0.344 e. The van der Waals surface area contributed by atoms with Gasteiger partial charge in [-0.3, -0.25) is 0 Å². The van der Waals surface area contributed by atoms with E-state index in [-0.39, 0.29) is 18.6 Å². The highest BCUT2D eigenvalue weighted by molar-refractivity contribution is 5.74. The molecule has 25 heavy (non-hydrogen) atoms. The third kappa shape index (κ3) is 4.15. The normalized spacial score (nSPS) is 11.5.